The molecular formula is C12H17BrClNO2S2. The van der Waals surface area contributed by atoms with Crippen molar-refractivity contribution in [3.05, 3.63) is 14.9 Å². The molecule has 1 aliphatic rings. The number of sulfonamides is 1. The van der Waals surface area contributed by atoms with Crippen LogP contribution in [0.15, 0.2) is 14.1 Å². The SMILES string of the molecule is CC1(C)C(CNS(=O)(=O)c2cc(Cl)c(Br)s2)C1(C)C. The van der Waals surface area contributed by atoms with Crippen molar-refractivity contribution in [1.29, 1.82) is 0 Å². The topological polar surface area (TPSA) is 46.2 Å². The van der Waals surface area contributed by atoms with Crippen molar-refractivity contribution in [3.63, 3.8) is 0 Å². The standard InChI is InChI=1S/C12H17BrClNO2S2/c1-11(2)8(12(11,3)4)6-15-19(16,17)9-5-7(14)10(13)18-9/h5,8,15H,6H2,1-4H3. The lowest BCUT2D eigenvalue weighted by Crippen LogP contribution is -2.26. The third kappa shape index (κ3) is 2.62. The van der Waals surface area contributed by atoms with Crippen LogP contribution in [0.2, 0.25) is 5.02 Å². The summed E-state index contributed by atoms with van der Waals surface area (Å²) in [5.74, 6) is 0.355. The summed E-state index contributed by atoms with van der Waals surface area (Å²) in [6, 6.07) is 1.47. The lowest BCUT2D eigenvalue weighted by atomic mass is 10.0. The second kappa shape index (κ2) is 4.70. The van der Waals surface area contributed by atoms with Gasteiger partial charge in [0.05, 0.1) is 8.81 Å². The molecule has 19 heavy (non-hydrogen) atoms. The van der Waals surface area contributed by atoms with Gasteiger partial charge in [-0.25, -0.2) is 13.1 Å². The molecule has 0 saturated heterocycles. The van der Waals surface area contributed by atoms with Gasteiger partial charge >= 0.3 is 0 Å². The maximum Gasteiger partial charge on any atom is 0.250 e. The van der Waals surface area contributed by atoms with E-state index in [1.807, 2.05) is 0 Å². The zero-order valence-electron chi connectivity index (χ0n) is 11.3. The van der Waals surface area contributed by atoms with Crippen LogP contribution in [0.3, 0.4) is 0 Å². The Morgan fingerprint density at radius 1 is 1.37 bits per heavy atom. The lowest BCUT2D eigenvalue weighted by molar-refractivity contribution is 0.457. The van der Waals surface area contributed by atoms with Gasteiger partial charge in [0.25, 0.3) is 0 Å². The molecule has 0 bridgehead atoms. The Labute approximate surface area is 131 Å². The Morgan fingerprint density at radius 2 is 1.89 bits per heavy atom. The fourth-order valence-corrected chi connectivity index (χ4v) is 6.06. The molecule has 3 nitrogen and oxygen atoms in total. The summed E-state index contributed by atoms with van der Waals surface area (Å²) in [6.45, 7) is 9.15. The van der Waals surface area contributed by atoms with Crippen molar-refractivity contribution in [2.75, 3.05) is 6.54 Å². The maximum absolute atomic E-state index is 12.2. The van der Waals surface area contributed by atoms with Crippen LogP contribution in [-0.4, -0.2) is 15.0 Å². The highest BCUT2D eigenvalue weighted by Gasteiger charge is 2.64. The van der Waals surface area contributed by atoms with Gasteiger partial charge in [0.2, 0.25) is 10.0 Å². The highest BCUT2D eigenvalue weighted by Crippen LogP contribution is 2.68. The lowest BCUT2D eigenvalue weighted by Gasteiger charge is -2.05. The van der Waals surface area contributed by atoms with E-state index in [4.69, 9.17) is 11.6 Å². The summed E-state index contributed by atoms with van der Waals surface area (Å²) in [5.41, 5.74) is 0.340. The second-order valence-corrected chi connectivity index (χ2v) is 10.8. The summed E-state index contributed by atoms with van der Waals surface area (Å²) in [7, 11) is -3.46. The van der Waals surface area contributed by atoms with Crippen LogP contribution >= 0.6 is 38.9 Å². The Balaban J connectivity index is 2.08. The first-order valence-corrected chi connectivity index (χ1v) is 9.41. The van der Waals surface area contributed by atoms with Gasteiger partial charge in [-0.1, -0.05) is 39.3 Å². The molecule has 0 aliphatic heterocycles. The second-order valence-electron chi connectivity index (χ2n) is 6.03. The molecule has 2 rings (SSSR count). The Morgan fingerprint density at radius 3 is 2.26 bits per heavy atom. The molecule has 0 radical (unpaired) electrons. The minimum absolute atomic E-state index is 0.170. The predicted molar refractivity (Wildman–Crippen MR) is 83.3 cm³/mol. The average Bonchev–Trinajstić information content (AvgIpc) is 2.55. The number of nitrogens with one attached hydrogen (secondary N) is 1. The molecule has 1 aromatic rings. The number of rotatable bonds is 4. The summed E-state index contributed by atoms with van der Waals surface area (Å²) >= 11 is 10.2. The van der Waals surface area contributed by atoms with E-state index in [1.54, 1.807) is 0 Å². The van der Waals surface area contributed by atoms with E-state index in [0.29, 0.717) is 21.3 Å². The highest BCUT2D eigenvalue weighted by molar-refractivity contribution is 9.11. The molecule has 1 N–H and O–H groups in total. The normalized spacial score (nSPS) is 21.6. The molecule has 0 unspecified atom stereocenters. The fraction of sp³-hybridized carbons (Fsp3) is 0.667. The van der Waals surface area contributed by atoms with Crippen molar-refractivity contribution < 1.29 is 8.42 Å². The summed E-state index contributed by atoms with van der Waals surface area (Å²) in [6.07, 6.45) is 0. The van der Waals surface area contributed by atoms with Crippen molar-refractivity contribution in [3.8, 4) is 0 Å². The average molecular weight is 387 g/mol. The largest absolute Gasteiger partial charge is 0.250 e. The van der Waals surface area contributed by atoms with Crippen LogP contribution in [0.5, 0.6) is 0 Å². The molecule has 1 aliphatic carbocycles. The van der Waals surface area contributed by atoms with E-state index in [9.17, 15) is 8.42 Å². The molecule has 1 fully saturated rings. The van der Waals surface area contributed by atoms with Gasteiger partial charge in [-0.3, -0.25) is 0 Å². The van der Waals surface area contributed by atoms with Gasteiger partial charge in [0, 0.05) is 6.54 Å². The van der Waals surface area contributed by atoms with Crippen LogP contribution < -0.4 is 4.72 Å². The van der Waals surface area contributed by atoms with E-state index < -0.39 is 10.0 Å². The Hall–Kier alpha value is 0.380. The summed E-state index contributed by atoms with van der Waals surface area (Å²) in [4.78, 5) is 0. The molecule has 1 heterocycles. The number of thiophene rings is 1. The molecule has 0 aromatic carbocycles. The van der Waals surface area contributed by atoms with E-state index in [2.05, 4.69) is 48.3 Å². The molecule has 0 atom stereocenters. The van der Waals surface area contributed by atoms with Crippen molar-refractivity contribution in [2.24, 2.45) is 16.7 Å². The van der Waals surface area contributed by atoms with Gasteiger partial charge in [-0.15, -0.1) is 11.3 Å². The van der Waals surface area contributed by atoms with E-state index in [1.165, 1.54) is 6.07 Å². The third-order valence-electron chi connectivity index (χ3n) is 4.68. The van der Waals surface area contributed by atoms with E-state index in [0.717, 1.165) is 11.3 Å². The van der Waals surface area contributed by atoms with Gasteiger partial charge < -0.3 is 0 Å². The van der Waals surface area contributed by atoms with Crippen molar-refractivity contribution in [2.45, 2.75) is 31.9 Å². The number of hydrogen-bond acceptors (Lipinski definition) is 3. The van der Waals surface area contributed by atoms with E-state index in [-0.39, 0.29) is 15.0 Å². The van der Waals surface area contributed by atoms with Crippen LogP contribution in [-0.2, 0) is 10.0 Å². The molecule has 0 spiro atoms. The van der Waals surface area contributed by atoms with Crippen LogP contribution in [0.4, 0.5) is 0 Å². The van der Waals surface area contributed by atoms with E-state index >= 15 is 0 Å². The Kier molecular flexibility index (Phi) is 3.90. The van der Waals surface area contributed by atoms with Crippen LogP contribution in [0, 0.1) is 16.7 Å². The third-order valence-corrected chi connectivity index (χ3v) is 9.06. The monoisotopic (exact) mass is 385 g/mol. The molecule has 1 aromatic heterocycles. The predicted octanol–water partition coefficient (Wildman–Crippen LogP) is 4.12. The zero-order valence-corrected chi connectivity index (χ0v) is 15.2. The summed E-state index contributed by atoms with van der Waals surface area (Å²) in [5, 5.41) is 0.428. The molecule has 0 amide bonds. The first-order valence-electron chi connectivity index (χ1n) is 5.94. The Bertz CT molecular complexity index is 574. The van der Waals surface area contributed by atoms with Crippen molar-refractivity contribution >= 4 is 48.9 Å². The quantitative estimate of drug-likeness (QED) is 0.846. The van der Waals surface area contributed by atoms with Gasteiger partial charge in [-0.2, -0.15) is 0 Å². The number of hydrogen-bond donors (Lipinski definition) is 1. The van der Waals surface area contributed by atoms with Crippen LogP contribution in [0.1, 0.15) is 27.7 Å². The van der Waals surface area contributed by atoms with Crippen LogP contribution in [0.25, 0.3) is 0 Å². The van der Waals surface area contributed by atoms with Crippen molar-refractivity contribution in [1.82, 2.24) is 4.72 Å². The zero-order chi connectivity index (χ0) is 14.6. The highest BCUT2D eigenvalue weighted by atomic mass is 79.9. The van der Waals surface area contributed by atoms with Gasteiger partial charge in [-0.05, 0) is 38.7 Å². The van der Waals surface area contributed by atoms with Gasteiger partial charge in [0.1, 0.15) is 4.21 Å². The minimum Gasteiger partial charge on any atom is -0.210 e. The van der Waals surface area contributed by atoms with Gasteiger partial charge in [0.15, 0.2) is 0 Å². The molecular weight excluding hydrogens is 370 g/mol. The smallest absolute Gasteiger partial charge is 0.210 e. The first-order chi connectivity index (χ1) is 8.50. The fourth-order valence-electron chi connectivity index (χ4n) is 2.57. The number of halogens is 2. The molecule has 7 heteroatoms. The molecule has 108 valence electrons. The molecule has 1 saturated carbocycles. The minimum atomic E-state index is -3.46. The maximum atomic E-state index is 12.2. The first kappa shape index (κ1) is 15.8. The summed E-state index contributed by atoms with van der Waals surface area (Å²) < 4.78 is 27.9.